The first-order valence-electron chi connectivity index (χ1n) is 9.37. The third kappa shape index (κ3) is 10.8. The zero-order valence-corrected chi connectivity index (χ0v) is 18.4. The van der Waals surface area contributed by atoms with Crippen LogP contribution in [0.3, 0.4) is 0 Å². The highest BCUT2D eigenvalue weighted by Crippen LogP contribution is 2.19. The molecule has 3 heteroatoms. The van der Waals surface area contributed by atoms with Crippen molar-refractivity contribution in [1.29, 1.82) is 0 Å². The number of hydrogen-bond acceptors (Lipinski definition) is 1. The number of Topliss-reactive ketones (excluding diaryl/α,β-unsaturated/α-hetero) is 1. The summed E-state index contributed by atoms with van der Waals surface area (Å²) in [4.78, 5) is 11.8. The summed E-state index contributed by atoms with van der Waals surface area (Å²) in [6.45, 7) is 8.02. The number of ketones is 1. The first-order valence-corrected chi connectivity index (χ1v) is 11.7. The van der Waals surface area contributed by atoms with Crippen molar-refractivity contribution >= 4 is 5.78 Å². The van der Waals surface area contributed by atoms with Gasteiger partial charge in [0.2, 0.25) is 0 Å². The fourth-order valence-corrected chi connectivity index (χ4v) is 4.23. The molecule has 1 aromatic carbocycles. The Labute approximate surface area is 163 Å². The smallest absolute Gasteiger partial charge is 0.299 e. The average molecular weight is 459 g/mol. The summed E-state index contributed by atoms with van der Waals surface area (Å²) >= 11 is -0.346. The first kappa shape index (κ1) is 22.3. The fraction of sp³-hybridized carbons (Fsp3) is 0.591. The fourth-order valence-electron chi connectivity index (χ4n) is 2.44. The highest BCUT2D eigenvalue weighted by molar-refractivity contribution is 5.83. The van der Waals surface area contributed by atoms with Gasteiger partial charge in [-0.2, -0.15) is 0 Å². The number of benzene rings is 1. The molecule has 25 heavy (non-hydrogen) atoms. The maximum absolute atomic E-state index is 13.8. The van der Waals surface area contributed by atoms with Crippen molar-refractivity contribution in [1.82, 2.24) is 0 Å². The maximum atomic E-state index is 13.8. The quantitative estimate of drug-likeness (QED) is 0.364. The van der Waals surface area contributed by atoms with Gasteiger partial charge in [0.15, 0.2) is 7.65 Å². The van der Waals surface area contributed by atoms with Gasteiger partial charge in [0.25, 0.3) is 0 Å². The molecule has 0 atom stereocenters. The third-order valence-electron chi connectivity index (χ3n) is 4.22. The van der Waals surface area contributed by atoms with Crippen LogP contribution < -0.4 is 21.2 Å². The van der Waals surface area contributed by atoms with E-state index in [1.165, 1.54) is 9.13 Å². The van der Waals surface area contributed by atoms with Crippen LogP contribution in [-0.4, -0.2) is 5.78 Å². The van der Waals surface area contributed by atoms with Crippen molar-refractivity contribution < 1.29 is 30.4 Å². The third-order valence-corrected chi connectivity index (χ3v) is 6.64. The highest BCUT2D eigenvalue weighted by Gasteiger charge is 2.19. The van der Waals surface area contributed by atoms with Gasteiger partial charge in [-0.05, 0) is 31.9 Å². The van der Waals surface area contributed by atoms with Gasteiger partial charge in [0.1, 0.15) is 11.6 Å². The zero-order chi connectivity index (χ0) is 18.7. The number of carbonyl (C=O) groups is 1. The highest BCUT2D eigenvalue weighted by atomic mass is 127. The predicted octanol–water partition coefficient (Wildman–Crippen LogP) is 3.80. The Morgan fingerprint density at radius 1 is 0.960 bits per heavy atom. The van der Waals surface area contributed by atoms with Crippen molar-refractivity contribution in [2.75, 3.05) is 0 Å². The van der Waals surface area contributed by atoms with E-state index in [0.29, 0.717) is 18.6 Å². The van der Waals surface area contributed by atoms with Gasteiger partial charge in [0.05, 0.1) is 0 Å². The van der Waals surface area contributed by atoms with Gasteiger partial charge in [-0.1, -0.05) is 64.2 Å². The Morgan fingerprint density at radius 3 is 2.04 bits per heavy atom. The molecule has 0 aliphatic rings. The van der Waals surface area contributed by atoms with Crippen molar-refractivity contribution in [2.45, 2.75) is 79.1 Å². The molecular formula is C22H33FIO+. The van der Waals surface area contributed by atoms with Crippen LogP contribution in [0.4, 0.5) is 4.39 Å². The monoisotopic (exact) mass is 459 g/mol. The molecule has 0 aliphatic carbocycles. The van der Waals surface area contributed by atoms with Gasteiger partial charge in [-0.25, -0.2) is 4.39 Å². The van der Waals surface area contributed by atoms with E-state index in [-0.39, 0.29) is 32.4 Å². The van der Waals surface area contributed by atoms with Gasteiger partial charge < -0.3 is 0 Å². The lowest BCUT2D eigenvalue weighted by Crippen LogP contribution is -3.59. The van der Waals surface area contributed by atoms with Crippen LogP contribution in [-0.2, 0) is 4.79 Å². The number of hydrogen-bond donors (Lipinski definition) is 0. The van der Waals surface area contributed by atoms with Crippen LogP contribution in [0.2, 0.25) is 0 Å². The largest absolute Gasteiger partial charge is 0.352 e. The lowest BCUT2D eigenvalue weighted by molar-refractivity contribution is -0.558. The normalized spacial score (nSPS) is 12.4. The molecule has 1 nitrogen and oxygen atoms in total. The Hall–Kier alpha value is -0.710. The van der Waals surface area contributed by atoms with Crippen molar-refractivity contribution in [2.24, 2.45) is 5.41 Å². The van der Waals surface area contributed by atoms with Crippen molar-refractivity contribution in [3.63, 3.8) is 0 Å². The molecule has 0 heterocycles. The topological polar surface area (TPSA) is 17.1 Å². The molecule has 0 bridgehead atoms. The molecule has 0 aliphatic heterocycles. The van der Waals surface area contributed by atoms with Gasteiger partial charge in [-0.15, -0.1) is 0 Å². The molecule has 0 spiro atoms. The number of aryl methyl sites for hydroxylation is 1. The molecule has 1 aromatic rings. The van der Waals surface area contributed by atoms with Crippen molar-refractivity contribution in [3.8, 4) is 0 Å². The number of allylic oxidation sites excluding steroid dienone is 1. The summed E-state index contributed by atoms with van der Waals surface area (Å²) in [6.07, 6.45) is 7.68. The summed E-state index contributed by atoms with van der Waals surface area (Å²) in [6, 6.07) is 8.40. The van der Waals surface area contributed by atoms with Crippen LogP contribution >= 0.6 is 0 Å². The molecule has 140 valence electrons. The van der Waals surface area contributed by atoms with E-state index >= 15 is 0 Å². The van der Waals surface area contributed by atoms with Gasteiger partial charge in [-0.3, -0.25) is 4.79 Å². The minimum Gasteiger partial charge on any atom is -0.299 e. The second kappa shape index (κ2) is 11.8. The summed E-state index contributed by atoms with van der Waals surface area (Å²) in [5.41, 5.74) is 1.05. The van der Waals surface area contributed by atoms with E-state index < -0.39 is 0 Å². The standard InChI is InChI=1S/C22H33FIO/c1-18-13-15-20(16-14-18)24-17-19(23)11-9-7-5-6-8-10-12-21(25)22(2,3)4/h13-17H,5-12H2,1-4H3/q+1/b19-17+. The molecule has 0 saturated carbocycles. The summed E-state index contributed by atoms with van der Waals surface area (Å²) < 4.78 is 16.9. The predicted molar refractivity (Wildman–Crippen MR) is 100 cm³/mol. The maximum Gasteiger partial charge on any atom is 0.352 e. The van der Waals surface area contributed by atoms with Crippen LogP contribution in [0.5, 0.6) is 0 Å². The van der Waals surface area contributed by atoms with E-state index in [4.69, 9.17) is 0 Å². The second-order valence-corrected chi connectivity index (χ2v) is 10.2. The first-order chi connectivity index (χ1) is 11.8. The summed E-state index contributed by atoms with van der Waals surface area (Å²) in [7, 11) is 0. The van der Waals surface area contributed by atoms with E-state index in [1.807, 2.05) is 24.9 Å². The SMILES string of the molecule is Cc1ccc([I+]/C=C(/F)CCCCCCCCC(=O)C(C)(C)C)cc1. The van der Waals surface area contributed by atoms with Crippen LogP contribution in [0, 0.1) is 15.9 Å². The summed E-state index contributed by atoms with van der Waals surface area (Å²) in [5.74, 6) is 0.417. The minimum atomic E-state index is -0.346. The van der Waals surface area contributed by atoms with Crippen molar-refractivity contribution in [3.05, 3.63) is 43.3 Å². The Kier molecular flexibility index (Phi) is 10.6. The minimum absolute atomic E-state index is 0.0594. The van der Waals surface area contributed by atoms with E-state index in [0.717, 1.165) is 38.5 Å². The Balaban J connectivity index is 2.04. The molecule has 0 unspecified atom stereocenters. The molecule has 0 fully saturated rings. The average Bonchev–Trinajstić information content (AvgIpc) is 2.55. The molecule has 0 N–H and O–H groups in total. The lowest BCUT2D eigenvalue weighted by atomic mass is 9.88. The van der Waals surface area contributed by atoms with Crippen LogP contribution in [0.25, 0.3) is 0 Å². The molecule has 1 rings (SSSR count). The number of carbonyl (C=O) groups excluding carboxylic acids is 1. The van der Waals surface area contributed by atoms with Crippen LogP contribution in [0.1, 0.15) is 77.7 Å². The zero-order valence-electron chi connectivity index (χ0n) is 16.2. The second-order valence-electron chi connectivity index (χ2n) is 7.76. The number of unbranched alkanes of at least 4 members (excludes halogenated alkanes) is 5. The molecule has 0 amide bonds. The molecule has 0 saturated heterocycles. The lowest BCUT2D eigenvalue weighted by Gasteiger charge is -2.16. The summed E-state index contributed by atoms with van der Waals surface area (Å²) in [5, 5.41) is 0. The Bertz CT molecular complexity index is 540. The van der Waals surface area contributed by atoms with E-state index in [1.54, 1.807) is 0 Å². The molecule has 0 aromatic heterocycles. The molecule has 0 radical (unpaired) electrons. The van der Waals surface area contributed by atoms with Gasteiger partial charge >= 0.3 is 21.2 Å². The van der Waals surface area contributed by atoms with E-state index in [9.17, 15) is 9.18 Å². The number of rotatable bonds is 11. The van der Waals surface area contributed by atoms with Gasteiger partial charge in [0, 0.05) is 18.3 Å². The molecular weight excluding hydrogens is 426 g/mol. The Morgan fingerprint density at radius 2 is 1.48 bits per heavy atom. The van der Waals surface area contributed by atoms with Crippen LogP contribution in [0.15, 0.2) is 34.2 Å². The van der Waals surface area contributed by atoms with E-state index in [2.05, 4.69) is 31.2 Å². The number of halogens is 2.